The van der Waals surface area contributed by atoms with E-state index in [1.807, 2.05) is 30.3 Å². The normalized spacial score (nSPS) is 16.4. The van der Waals surface area contributed by atoms with Gasteiger partial charge in [0.05, 0.1) is 11.5 Å². The molecule has 6 nitrogen and oxygen atoms in total. The molecule has 1 rings (SSSR count). The van der Waals surface area contributed by atoms with E-state index < -0.39 is 5.60 Å². The number of ether oxygens (including phenoxy) is 1. The second-order valence-corrected chi connectivity index (χ2v) is 5.36. The van der Waals surface area contributed by atoms with Crippen molar-refractivity contribution in [2.24, 2.45) is 10.9 Å². The summed E-state index contributed by atoms with van der Waals surface area (Å²) in [6, 6.07) is 9.57. The Morgan fingerprint density at radius 3 is 2.67 bits per heavy atom. The van der Waals surface area contributed by atoms with E-state index in [1.165, 1.54) is 0 Å². The van der Waals surface area contributed by atoms with Crippen LogP contribution >= 0.6 is 0 Å². The van der Waals surface area contributed by atoms with Crippen LogP contribution in [0.4, 0.5) is 0 Å². The van der Waals surface area contributed by atoms with Crippen molar-refractivity contribution in [2.75, 3.05) is 26.8 Å². The Kier molecular flexibility index (Phi) is 7.14. The van der Waals surface area contributed by atoms with E-state index in [4.69, 9.17) is 15.7 Å². The number of amidine groups is 1. The van der Waals surface area contributed by atoms with Crippen LogP contribution in [-0.2, 0) is 4.74 Å². The molecular weight excluding hydrogens is 270 g/mol. The number of methoxy groups -OCH3 is 1. The van der Waals surface area contributed by atoms with E-state index in [0.717, 1.165) is 5.56 Å². The minimum atomic E-state index is -0.859. The minimum Gasteiger partial charge on any atom is -0.409 e. The monoisotopic (exact) mass is 295 g/mol. The summed E-state index contributed by atoms with van der Waals surface area (Å²) in [6.45, 7) is 3.12. The van der Waals surface area contributed by atoms with Crippen LogP contribution in [-0.4, -0.2) is 48.6 Å². The van der Waals surface area contributed by atoms with Crippen molar-refractivity contribution in [1.29, 1.82) is 0 Å². The SMILES string of the molecule is COCCC(C)(O)CNCC(/C(N)=N/O)c1ccccc1. The van der Waals surface area contributed by atoms with Crippen LogP contribution in [0, 0.1) is 0 Å². The molecule has 0 bridgehead atoms. The fourth-order valence-corrected chi connectivity index (χ4v) is 2.04. The molecule has 0 amide bonds. The van der Waals surface area contributed by atoms with Crippen molar-refractivity contribution in [1.82, 2.24) is 5.32 Å². The molecule has 0 aliphatic rings. The van der Waals surface area contributed by atoms with Crippen LogP contribution < -0.4 is 11.1 Å². The molecule has 1 aromatic carbocycles. The minimum absolute atomic E-state index is 0.144. The summed E-state index contributed by atoms with van der Waals surface area (Å²) in [4.78, 5) is 0. The predicted octanol–water partition coefficient (Wildman–Crippen LogP) is 0.894. The van der Waals surface area contributed by atoms with Crippen LogP contribution in [0.1, 0.15) is 24.8 Å². The highest BCUT2D eigenvalue weighted by Crippen LogP contribution is 2.15. The fraction of sp³-hybridized carbons (Fsp3) is 0.533. The quantitative estimate of drug-likeness (QED) is 0.235. The number of nitrogens with one attached hydrogen (secondary N) is 1. The van der Waals surface area contributed by atoms with E-state index in [-0.39, 0.29) is 11.8 Å². The third-order valence-electron chi connectivity index (χ3n) is 3.37. The van der Waals surface area contributed by atoms with E-state index in [0.29, 0.717) is 26.1 Å². The highest BCUT2D eigenvalue weighted by atomic mass is 16.5. The Morgan fingerprint density at radius 2 is 2.10 bits per heavy atom. The standard InChI is InChI=1S/C15H25N3O3/c1-15(19,8-9-21-2)11-17-10-13(14(16)18-20)12-6-4-3-5-7-12/h3-7,13,17,19-20H,8-11H2,1-2H3,(H2,16,18). The summed E-state index contributed by atoms with van der Waals surface area (Å²) in [5.74, 6) is -0.0975. The van der Waals surface area contributed by atoms with Gasteiger partial charge in [0.25, 0.3) is 0 Å². The van der Waals surface area contributed by atoms with Crippen molar-refractivity contribution >= 4 is 5.84 Å². The zero-order valence-corrected chi connectivity index (χ0v) is 12.6. The molecule has 118 valence electrons. The number of hydrogen-bond acceptors (Lipinski definition) is 5. The van der Waals surface area contributed by atoms with Gasteiger partial charge in [-0.25, -0.2) is 0 Å². The summed E-state index contributed by atoms with van der Waals surface area (Å²) in [6.07, 6.45) is 0.538. The molecule has 2 atom stereocenters. The highest BCUT2D eigenvalue weighted by molar-refractivity contribution is 5.87. The van der Waals surface area contributed by atoms with Crippen LogP contribution in [0.25, 0.3) is 0 Å². The summed E-state index contributed by atoms with van der Waals surface area (Å²) >= 11 is 0. The molecule has 0 fully saturated rings. The van der Waals surface area contributed by atoms with E-state index in [2.05, 4.69) is 10.5 Å². The number of nitrogens with zero attached hydrogens (tertiary/aromatic N) is 1. The fourth-order valence-electron chi connectivity index (χ4n) is 2.04. The molecule has 21 heavy (non-hydrogen) atoms. The topological polar surface area (TPSA) is 100 Å². The molecule has 6 heteroatoms. The number of aliphatic hydroxyl groups is 1. The molecule has 0 spiro atoms. The van der Waals surface area contributed by atoms with Gasteiger partial charge >= 0.3 is 0 Å². The number of oxime groups is 1. The Bertz CT molecular complexity index is 435. The van der Waals surface area contributed by atoms with E-state index in [1.54, 1.807) is 14.0 Å². The maximum Gasteiger partial charge on any atom is 0.147 e. The lowest BCUT2D eigenvalue weighted by atomic mass is 9.97. The third-order valence-corrected chi connectivity index (χ3v) is 3.37. The van der Waals surface area contributed by atoms with Crippen LogP contribution in [0.5, 0.6) is 0 Å². The van der Waals surface area contributed by atoms with Gasteiger partial charge in [-0.2, -0.15) is 0 Å². The number of nitrogens with two attached hydrogens (primary N) is 1. The Labute approximate surface area is 125 Å². The summed E-state index contributed by atoms with van der Waals surface area (Å²) in [5.41, 5.74) is 5.85. The Morgan fingerprint density at radius 1 is 1.43 bits per heavy atom. The average molecular weight is 295 g/mol. The summed E-state index contributed by atoms with van der Waals surface area (Å²) in [7, 11) is 1.60. The predicted molar refractivity (Wildman–Crippen MR) is 82.6 cm³/mol. The first kappa shape index (κ1) is 17.4. The van der Waals surface area contributed by atoms with Gasteiger partial charge in [-0.1, -0.05) is 35.5 Å². The molecule has 0 heterocycles. The van der Waals surface area contributed by atoms with Crippen LogP contribution in [0.3, 0.4) is 0 Å². The maximum atomic E-state index is 10.2. The van der Waals surface area contributed by atoms with Gasteiger partial charge < -0.3 is 26.1 Å². The van der Waals surface area contributed by atoms with Gasteiger partial charge in [0, 0.05) is 33.2 Å². The van der Waals surface area contributed by atoms with Crippen LogP contribution in [0.15, 0.2) is 35.5 Å². The molecule has 0 saturated carbocycles. The lowest BCUT2D eigenvalue weighted by Crippen LogP contribution is -2.42. The highest BCUT2D eigenvalue weighted by Gasteiger charge is 2.22. The van der Waals surface area contributed by atoms with Crippen molar-refractivity contribution in [3.05, 3.63) is 35.9 Å². The average Bonchev–Trinajstić information content (AvgIpc) is 2.50. The van der Waals surface area contributed by atoms with Gasteiger partial charge in [0.2, 0.25) is 0 Å². The first-order chi connectivity index (χ1) is 10.00. The second kappa shape index (κ2) is 8.61. The second-order valence-electron chi connectivity index (χ2n) is 5.36. The first-order valence-corrected chi connectivity index (χ1v) is 6.94. The smallest absolute Gasteiger partial charge is 0.147 e. The van der Waals surface area contributed by atoms with E-state index in [9.17, 15) is 5.11 Å². The maximum absolute atomic E-state index is 10.2. The molecule has 0 aliphatic heterocycles. The third kappa shape index (κ3) is 6.12. The number of benzene rings is 1. The van der Waals surface area contributed by atoms with Gasteiger partial charge in [0.1, 0.15) is 5.84 Å². The Balaban J connectivity index is 2.60. The van der Waals surface area contributed by atoms with Crippen molar-refractivity contribution in [3.8, 4) is 0 Å². The van der Waals surface area contributed by atoms with Crippen LogP contribution in [0.2, 0.25) is 0 Å². The van der Waals surface area contributed by atoms with Gasteiger partial charge in [0.15, 0.2) is 0 Å². The molecule has 0 saturated heterocycles. The first-order valence-electron chi connectivity index (χ1n) is 6.94. The lowest BCUT2D eigenvalue weighted by molar-refractivity contribution is 0.0251. The largest absolute Gasteiger partial charge is 0.409 e. The van der Waals surface area contributed by atoms with Gasteiger partial charge in [-0.15, -0.1) is 0 Å². The Hall–Kier alpha value is -1.63. The lowest BCUT2D eigenvalue weighted by Gasteiger charge is -2.25. The molecule has 5 N–H and O–H groups in total. The summed E-state index contributed by atoms with van der Waals surface area (Å²) in [5, 5.41) is 25.4. The molecule has 0 aliphatic carbocycles. The zero-order valence-electron chi connectivity index (χ0n) is 12.6. The molecule has 0 radical (unpaired) electrons. The molecule has 1 aromatic rings. The van der Waals surface area contributed by atoms with E-state index >= 15 is 0 Å². The number of rotatable bonds is 9. The number of hydrogen-bond donors (Lipinski definition) is 4. The van der Waals surface area contributed by atoms with Crippen molar-refractivity contribution in [2.45, 2.75) is 24.9 Å². The summed E-state index contributed by atoms with van der Waals surface area (Å²) < 4.78 is 4.97. The van der Waals surface area contributed by atoms with Crippen molar-refractivity contribution in [3.63, 3.8) is 0 Å². The molecule has 0 aromatic heterocycles. The zero-order chi connectivity index (χ0) is 15.7. The molecular formula is C15H25N3O3. The van der Waals surface area contributed by atoms with Gasteiger partial charge in [-0.05, 0) is 12.5 Å². The van der Waals surface area contributed by atoms with Crippen molar-refractivity contribution < 1.29 is 15.1 Å². The van der Waals surface area contributed by atoms with Gasteiger partial charge in [-0.3, -0.25) is 0 Å². The molecule has 2 unspecified atom stereocenters.